The van der Waals surface area contributed by atoms with Gasteiger partial charge in [0.15, 0.2) is 11.5 Å². The maximum Gasteiger partial charge on any atom is 0.328 e. The van der Waals surface area contributed by atoms with Gasteiger partial charge in [0.05, 0.1) is 7.11 Å². The SMILES string of the molecule is COc1cc(C(C)(NCc2cccs2)C(=O)O)ccc1O. The second-order valence-corrected chi connectivity index (χ2v) is 5.78. The third-order valence-corrected chi connectivity index (χ3v) is 4.26. The number of hydrogen-bond donors (Lipinski definition) is 3. The van der Waals surface area contributed by atoms with Crippen molar-refractivity contribution in [2.75, 3.05) is 7.11 Å². The Morgan fingerprint density at radius 2 is 2.19 bits per heavy atom. The molecule has 0 bridgehead atoms. The molecule has 0 saturated carbocycles. The van der Waals surface area contributed by atoms with Gasteiger partial charge in [-0.2, -0.15) is 0 Å². The molecule has 0 amide bonds. The molecule has 2 rings (SSSR count). The third kappa shape index (κ3) is 3.17. The van der Waals surface area contributed by atoms with Crippen LogP contribution < -0.4 is 10.1 Å². The minimum Gasteiger partial charge on any atom is -0.504 e. The minimum atomic E-state index is -1.27. The lowest BCUT2D eigenvalue weighted by Crippen LogP contribution is -2.46. The molecule has 1 atom stereocenters. The summed E-state index contributed by atoms with van der Waals surface area (Å²) in [5, 5.41) is 24.2. The summed E-state index contributed by atoms with van der Waals surface area (Å²) in [5.41, 5.74) is -0.758. The number of benzene rings is 1. The highest BCUT2D eigenvalue weighted by molar-refractivity contribution is 7.09. The first-order chi connectivity index (χ1) is 9.97. The lowest BCUT2D eigenvalue weighted by molar-refractivity contribution is -0.144. The fourth-order valence-corrected chi connectivity index (χ4v) is 2.61. The highest BCUT2D eigenvalue weighted by Gasteiger charge is 2.35. The van der Waals surface area contributed by atoms with Crippen molar-refractivity contribution in [2.45, 2.75) is 19.0 Å². The molecular formula is C15H17NO4S. The predicted octanol–water partition coefficient (Wildman–Crippen LogP) is 2.55. The van der Waals surface area contributed by atoms with Gasteiger partial charge in [-0.05, 0) is 36.1 Å². The predicted molar refractivity (Wildman–Crippen MR) is 80.8 cm³/mol. The minimum absolute atomic E-state index is 0.0211. The molecule has 1 aromatic heterocycles. The van der Waals surface area contributed by atoms with Gasteiger partial charge in [0.25, 0.3) is 0 Å². The molecule has 0 saturated heterocycles. The zero-order valence-corrected chi connectivity index (χ0v) is 12.6. The molecule has 0 fully saturated rings. The lowest BCUT2D eigenvalue weighted by atomic mass is 9.91. The Kier molecular flexibility index (Phi) is 4.50. The van der Waals surface area contributed by atoms with Gasteiger partial charge in [-0.1, -0.05) is 12.1 Å². The van der Waals surface area contributed by atoms with Crippen LogP contribution in [0.25, 0.3) is 0 Å². The topological polar surface area (TPSA) is 78.8 Å². The molecule has 5 nitrogen and oxygen atoms in total. The lowest BCUT2D eigenvalue weighted by Gasteiger charge is -2.27. The van der Waals surface area contributed by atoms with E-state index in [2.05, 4.69) is 5.32 Å². The Morgan fingerprint density at radius 1 is 1.43 bits per heavy atom. The number of nitrogens with one attached hydrogen (secondary N) is 1. The van der Waals surface area contributed by atoms with Gasteiger partial charge in [-0.15, -0.1) is 11.3 Å². The number of phenols is 1. The second-order valence-electron chi connectivity index (χ2n) is 4.75. The van der Waals surface area contributed by atoms with E-state index in [4.69, 9.17) is 4.74 Å². The summed E-state index contributed by atoms with van der Waals surface area (Å²) in [5.74, 6) is -0.767. The maximum atomic E-state index is 11.7. The van der Waals surface area contributed by atoms with E-state index in [0.29, 0.717) is 12.1 Å². The first kappa shape index (κ1) is 15.3. The average molecular weight is 307 g/mol. The number of aliphatic carboxylic acids is 1. The molecule has 0 spiro atoms. The maximum absolute atomic E-state index is 11.7. The summed E-state index contributed by atoms with van der Waals surface area (Å²) >= 11 is 1.56. The molecule has 1 unspecified atom stereocenters. The van der Waals surface area contributed by atoms with E-state index in [1.165, 1.54) is 19.2 Å². The van der Waals surface area contributed by atoms with Crippen molar-refractivity contribution in [3.63, 3.8) is 0 Å². The Balaban J connectivity index is 2.30. The van der Waals surface area contributed by atoms with Gasteiger partial charge in [0, 0.05) is 11.4 Å². The summed E-state index contributed by atoms with van der Waals surface area (Å²) in [6, 6.07) is 8.40. The fraction of sp³-hybridized carbons (Fsp3) is 0.267. The summed E-state index contributed by atoms with van der Waals surface area (Å²) in [6.07, 6.45) is 0. The largest absolute Gasteiger partial charge is 0.504 e. The molecular weight excluding hydrogens is 290 g/mol. The van der Waals surface area contributed by atoms with E-state index in [-0.39, 0.29) is 11.5 Å². The normalized spacial score (nSPS) is 13.6. The van der Waals surface area contributed by atoms with E-state index < -0.39 is 11.5 Å². The van der Waals surface area contributed by atoms with Crippen LogP contribution in [0.15, 0.2) is 35.7 Å². The number of hydrogen-bond acceptors (Lipinski definition) is 5. The second kappa shape index (κ2) is 6.15. The standard InChI is InChI=1S/C15H17NO4S/c1-15(14(18)19,16-9-11-4-3-7-21-11)10-5-6-12(17)13(8-10)20-2/h3-8,16-17H,9H2,1-2H3,(H,18,19). The Morgan fingerprint density at radius 3 is 2.76 bits per heavy atom. The van der Waals surface area contributed by atoms with Crippen molar-refractivity contribution in [1.82, 2.24) is 5.32 Å². The van der Waals surface area contributed by atoms with Gasteiger partial charge >= 0.3 is 5.97 Å². The first-order valence-electron chi connectivity index (χ1n) is 6.35. The monoisotopic (exact) mass is 307 g/mol. The van der Waals surface area contributed by atoms with Crippen LogP contribution in [0.5, 0.6) is 11.5 Å². The zero-order valence-electron chi connectivity index (χ0n) is 11.8. The van der Waals surface area contributed by atoms with Gasteiger partial charge in [0.2, 0.25) is 0 Å². The van der Waals surface area contributed by atoms with Gasteiger partial charge in [-0.25, -0.2) is 4.79 Å². The summed E-state index contributed by atoms with van der Waals surface area (Å²) in [4.78, 5) is 12.8. The van der Waals surface area contributed by atoms with Gasteiger partial charge in [-0.3, -0.25) is 5.32 Å². The number of aromatic hydroxyl groups is 1. The molecule has 0 aliphatic heterocycles. The first-order valence-corrected chi connectivity index (χ1v) is 7.23. The van der Waals surface area contributed by atoms with Crippen molar-refractivity contribution < 1.29 is 19.7 Å². The van der Waals surface area contributed by atoms with Crippen molar-refractivity contribution in [1.29, 1.82) is 0 Å². The van der Waals surface area contributed by atoms with Crippen LogP contribution in [0.2, 0.25) is 0 Å². The summed E-state index contributed by atoms with van der Waals surface area (Å²) in [6.45, 7) is 2.04. The number of thiophene rings is 1. The molecule has 0 aliphatic carbocycles. The van der Waals surface area contributed by atoms with E-state index in [0.717, 1.165) is 4.88 Å². The van der Waals surface area contributed by atoms with Crippen LogP contribution in [-0.2, 0) is 16.9 Å². The molecule has 112 valence electrons. The molecule has 1 heterocycles. The number of carboxylic acid groups (broad SMARTS) is 1. The van der Waals surface area contributed by atoms with Crippen LogP contribution in [0, 0.1) is 0 Å². The molecule has 3 N–H and O–H groups in total. The number of methoxy groups -OCH3 is 1. The summed E-state index contributed by atoms with van der Waals surface area (Å²) in [7, 11) is 1.43. The van der Waals surface area contributed by atoms with E-state index in [1.807, 2.05) is 17.5 Å². The quantitative estimate of drug-likeness (QED) is 0.764. The molecule has 1 aromatic carbocycles. The van der Waals surface area contributed by atoms with Crippen LogP contribution in [0.1, 0.15) is 17.4 Å². The molecule has 21 heavy (non-hydrogen) atoms. The van der Waals surface area contributed by atoms with E-state index in [9.17, 15) is 15.0 Å². The fourth-order valence-electron chi connectivity index (χ4n) is 1.97. The van der Waals surface area contributed by atoms with Crippen molar-refractivity contribution in [2.24, 2.45) is 0 Å². The van der Waals surface area contributed by atoms with Crippen molar-refractivity contribution in [3.05, 3.63) is 46.2 Å². The number of ether oxygens (including phenoxy) is 1. The van der Waals surface area contributed by atoms with E-state index in [1.54, 1.807) is 24.3 Å². The summed E-state index contributed by atoms with van der Waals surface area (Å²) < 4.78 is 5.04. The smallest absolute Gasteiger partial charge is 0.328 e. The van der Waals surface area contributed by atoms with Crippen molar-refractivity contribution in [3.8, 4) is 11.5 Å². The number of phenolic OH excluding ortho intramolecular Hbond substituents is 1. The van der Waals surface area contributed by atoms with Gasteiger partial charge in [0.1, 0.15) is 5.54 Å². The highest BCUT2D eigenvalue weighted by Crippen LogP contribution is 2.32. The number of carboxylic acids is 1. The van der Waals surface area contributed by atoms with Gasteiger partial charge < -0.3 is 14.9 Å². The average Bonchev–Trinajstić information content (AvgIpc) is 2.98. The Hall–Kier alpha value is -2.05. The van der Waals surface area contributed by atoms with Crippen LogP contribution >= 0.6 is 11.3 Å². The van der Waals surface area contributed by atoms with Crippen LogP contribution in [0.3, 0.4) is 0 Å². The highest BCUT2D eigenvalue weighted by atomic mass is 32.1. The molecule has 0 radical (unpaired) electrons. The van der Waals surface area contributed by atoms with Crippen LogP contribution in [-0.4, -0.2) is 23.3 Å². The van der Waals surface area contributed by atoms with Crippen LogP contribution in [0.4, 0.5) is 0 Å². The Bertz CT molecular complexity index is 627. The number of rotatable bonds is 6. The molecule has 6 heteroatoms. The third-order valence-electron chi connectivity index (χ3n) is 3.38. The zero-order chi connectivity index (χ0) is 15.5. The molecule has 2 aromatic rings. The number of carbonyl (C=O) groups is 1. The van der Waals surface area contributed by atoms with E-state index >= 15 is 0 Å². The Labute approximate surface area is 126 Å². The molecule has 0 aliphatic rings. The van der Waals surface area contributed by atoms with Crippen molar-refractivity contribution >= 4 is 17.3 Å².